The van der Waals surface area contributed by atoms with Gasteiger partial charge in [0.25, 0.3) is 0 Å². The molecule has 0 aliphatic heterocycles. The van der Waals surface area contributed by atoms with Crippen LogP contribution >= 0.6 is 27.3 Å². The van der Waals surface area contributed by atoms with Crippen molar-refractivity contribution < 1.29 is 0 Å². The summed E-state index contributed by atoms with van der Waals surface area (Å²) in [7, 11) is 0. The molecule has 0 spiro atoms. The van der Waals surface area contributed by atoms with Crippen LogP contribution in [0.25, 0.3) is 11.3 Å². The van der Waals surface area contributed by atoms with Gasteiger partial charge in [-0.05, 0) is 19.1 Å². The van der Waals surface area contributed by atoms with Gasteiger partial charge in [-0.1, -0.05) is 28.1 Å². The van der Waals surface area contributed by atoms with E-state index < -0.39 is 0 Å². The summed E-state index contributed by atoms with van der Waals surface area (Å²) >= 11 is 5.08. The first-order valence-electron chi connectivity index (χ1n) is 4.63. The second-order valence-corrected chi connectivity index (χ2v) is 5.42. The summed E-state index contributed by atoms with van der Waals surface area (Å²) in [6.45, 7) is 2.56. The molecule has 15 heavy (non-hydrogen) atoms. The number of aromatic nitrogens is 1. The van der Waals surface area contributed by atoms with Crippen molar-refractivity contribution in [2.24, 2.45) is 5.73 Å². The molecular weight excluding hydrogens is 272 g/mol. The molecule has 1 heterocycles. The van der Waals surface area contributed by atoms with Gasteiger partial charge in [-0.2, -0.15) is 0 Å². The van der Waals surface area contributed by atoms with E-state index in [-0.39, 0.29) is 0 Å². The summed E-state index contributed by atoms with van der Waals surface area (Å²) in [6.07, 6.45) is 0. The van der Waals surface area contributed by atoms with Gasteiger partial charge in [0.2, 0.25) is 0 Å². The first-order chi connectivity index (χ1) is 7.20. The van der Waals surface area contributed by atoms with Crippen molar-refractivity contribution in [3.05, 3.63) is 38.6 Å². The largest absolute Gasteiger partial charge is 0.326 e. The number of benzene rings is 1. The number of nitrogens with zero attached hydrogens (tertiary/aromatic N) is 1. The lowest BCUT2D eigenvalue weighted by Gasteiger charge is -1.99. The second kappa shape index (κ2) is 4.43. The highest BCUT2D eigenvalue weighted by atomic mass is 79.9. The van der Waals surface area contributed by atoms with Crippen LogP contribution in [0.2, 0.25) is 0 Å². The van der Waals surface area contributed by atoms with Crippen molar-refractivity contribution in [2.45, 2.75) is 13.5 Å². The van der Waals surface area contributed by atoms with E-state index in [1.54, 1.807) is 11.3 Å². The topological polar surface area (TPSA) is 38.9 Å². The van der Waals surface area contributed by atoms with Gasteiger partial charge in [-0.25, -0.2) is 4.98 Å². The molecule has 0 radical (unpaired) electrons. The van der Waals surface area contributed by atoms with Gasteiger partial charge in [-0.3, -0.25) is 0 Å². The van der Waals surface area contributed by atoms with Crippen LogP contribution in [0.1, 0.15) is 9.88 Å². The van der Waals surface area contributed by atoms with Crippen molar-refractivity contribution in [1.29, 1.82) is 0 Å². The number of thiazole rings is 1. The highest BCUT2D eigenvalue weighted by Gasteiger charge is 2.09. The maximum absolute atomic E-state index is 5.69. The maximum atomic E-state index is 5.69. The predicted molar refractivity (Wildman–Crippen MR) is 67.9 cm³/mol. The summed E-state index contributed by atoms with van der Waals surface area (Å²) < 4.78 is 1.08. The number of rotatable bonds is 2. The van der Waals surface area contributed by atoms with Gasteiger partial charge in [0.1, 0.15) is 0 Å². The fourth-order valence-corrected chi connectivity index (χ4v) is 2.54. The predicted octanol–water partition coefficient (Wildman–Crippen LogP) is 3.34. The Bertz CT molecular complexity index is 462. The molecule has 2 N–H and O–H groups in total. The molecule has 1 aromatic carbocycles. The van der Waals surface area contributed by atoms with Crippen LogP contribution in [0, 0.1) is 6.92 Å². The minimum atomic E-state index is 0.552. The van der Waals surface area contributed by atoms with E-state index in [1.165, 1.54) is 0 Å². The Hall–Kier alpha value is -0.710. The standard InChI is InChI=1S/C11H11BrN2S/c1-7-14-11(10(6-13)15-7)8-2-4-9(12)5-3-8/h2-5H,6,13H2,1H3. The van der Waals surface area contributed by atoms with Crippen molar-refractivity contribution in [2.75, 3.05) is 0 Å². The van der Waals surface area contributed by atoms with Gasteiger partial charge in [0.05, 0.1) is 10.7 Å². The van der Waals surface area contributed by atoms with Crippen molar-refractivity contribution >= 4 is 27.3 Å². The fourth-order valence-electron chi connectivity index (χ4n) is 1.44. The number of hydrogen-bond acceptors (Lipinski definition) is 3. The molecule has 2 rings (SSSR count). The Morgan fingerprint density at radius 1 is 1.33 bits per heavy atom. The van der Waals surface area contributed by atoms with Crippen LogP contribution < -0.4 is 5.73 Å². The SMILES string of the molecule is Cc1nc(-c2ccc(Br)cc2)c(CN)s1. The maximum Gasteiger partial charge on any atom is 0.0905 e. The van der Waals surface area contributed by atoms with Crippen LogP contribution in [0.4, 0.5) is 0 Å². The van der Waals surface area contributed by atoms with Gasteiger partial charge >= 0.3 is 0 Å². The zero-order valence-electron chi connectivity index (χ0n) is 8.33. The monoisotopic (exact) mass is 282 g/mol. The Labute approximate surface area is 101 Å². The molecule has 0 aliphatic carbocycles. The van der Waals surface area contributed by atoms with Crippen LogP contribution in [0.15, 0.2) is 28.7 Å². The van der Waals surface area contributed by atoms with Gasteiger partial charge < -0.3 is 5.73 Å². The van der Waals surface area contributed by atoms with E-state index in [4.69, 9.17) is 5.73 Å². The van der Waals surface area contributed by atoms with E-state index >= 15 is 0 Å². The molecule has 0 saturated carbocycles. The second-order valence-electron chi connectivity index (χ2n) is 3.22. The summed E-state index contributed by atoms with van der Waals surface area (Å²) in [5, 5.41) is 1.06. The van der Waals surface area contributed by atoms with Crippen LogP contribution in [-0.4, -0.2) is 4.98 Å². The molecule has 0 bridgehead atoms. The van der Waals surface area contributed by atoms with Crippen molar-refractivity contribution in [1.82, 2.24) is 4.98 Å². The molecule has 1 aromatic heterocycles. The molecule has 0 aliphatic rings. The Morgan fingerprint density at radius 3 is 2.60 bits per heavy atom. The first kappa shape index (κ1) is 10.8. The highest BCUT2D eigenvalue weighted by Crippen LogP contribution is 2.28. The molecule has 0 fully saturated rings. The molecule has 0 saturated heterocycles. The zero-order valence-corrected chi connectivity index (χ0v) is 10.7. The van der Waals surface area contributed by atoms with Crippen LogP contribution in [0.5, 0.6) is 0 Å². The van der Waals surface area contributed by atoms with Crippen LogP contribution in [-0.2, 0) is 6.54 Å². The molecule has 0 amide bonds. The fraction of sp³-hybridized carbons (Fsp3) is 0.182. The normalized spacial score (nSPS) is 10.6. The third-order valence-corrected chi connectivity index (χ3v) is 3.63. The lowest BCUT2D eigenvalue weighted by Crippen LogP contribution is -1.95. The summed E-state index contributed by atoms with van der Waals surface area (Å²) in [5.74, 6) is 0. The van der Waals surface area contributed by atoms with E-state index in [0.717, 1.165) is 25.6 Å². The van der Waals surface area contributed by atoms with Gasteiger partial charge in [-0.15, -0.1) is 11.3 Å². The quantitative estimate of drug-likeness (QED) is 0.918. The summed E-state index contributed by atoms with van der Waals surface area (Å²) in [5.41, 5.74) is 7.84. The number of aryl methyl sites for hydroxylation is 1. The third-order valence-electron chi connectivity index (χ3n) is 2.11. The van der Waals surface area contributed by atoms with E-state index in [9.17, 15) is 0 Å². The lowest BCUT2D eigenvalue weighted by molar-refractivity contribution is 1.10. The number of nitrogens with two attached hydrogens (primary N) is 1. The van der Waals surface area contributed by atoms with Crippen molar-refractivity contribution in [3.8, 4) is 11.3 Å². The highest BCUT2D eigenvalue weighted by molar-refractivity contribution is 9.10. The Kier molecular flexibility index (Phi) is 3.19. The average molecular weight is 283 g/mol. The summed E-state index contributed by atoms with van der Waals surface area (Å²) in [4.78, 5) is 5.65. The molecule has 4 heteroatoms. The number of hydrogen-bond donors (Lipinski definition) is 1. The molecule has 2 aromatic rings. The molecule has 0 unspecified atom stereocenters. The third kappa shape index (κ3) is 2.27. The molecule has 78 valence electrons. The Morgan fingerprint density at radius 2 is 2.00 bits per heavy atom. The molecular formula is C11H11BrN2S. The lowest BCUT2D eigenvalue weighted by atomic mass is 10.1. The zero-order chi connectivity index (χ0) is 10.8. The minimum Gasteiger partial charge on any atom is -0.326 e. The van der Waals surface area contributed by atoms with E-state index in [0.29, 0.717) is 6.54 Å². The minimum absolute atomic E-state index is 0.552. The first-order valence-corrected chi connectivity index (χ1v) is 6.24. The average Bonchev–Trinajstić information content (AvgIpc) is 2.61. The van der Waals surface area contributed by atoms with E-state index in [2.05, 4.69) is 33.0 Å². The Balaban J connectivity index is 2.48. The van der Waals surface area contributed by atoms with Gasteiger partial charge in [0.15, 0.2) is 0 Å². The number of halogens is 1. The van der Waals surface area contributed by atoms with E-state index in [1.807, 2.05) is 19.1 Å². The smallest absolute Gasteiger partial charge is 0.0905 e. The van der Waals surface area contributed by atoms with Crippen LogP contribution in [0.3, 0.4) is 0 Å². The molecule has 0 atom stereocenters. The summed E-state index contributed by atoms with van der Waals surface area (Å²) in [6, 6.07) is 8.14. The van der Waals surface area contributed by atoms with Crippen molar-refractivity contribution in [3.63, 3.8) is 0 Å². The molecule has 2 nitrogen and oxygen atoms in total. The van der Waals surface area contributed by atoms with Gasteiger partial charge in [0, 0.05) is 21.5 Å².